The molecule has 12 heavy (non-hydrogen) atoms. The zero-order valence-corrected chi connectivity index (χ0v) is 9.22. The van der Waals surface area contributed by atoms with Crippen LogP contribution in [0.4, 0.5) is 0 Å². The van der Waals surface area contributed by atoms with E-state index in [0.29, 0.717) is 11.3 Å². The van der Waals surface area contributed by atoms with Crippen LogP contribution in [0, 0.1) is 0 Å². The molecule has 0 aromatic heterocycles. The Kier molecular flexibility index (Phi) is 4.54. The van der Waals surface area contributed by atoms with Crippen LogP contribution in [0.1, 0.15) is 13.3 Å². The third kappa shape index (κ3) is 3.42. The Bertz CT molecular complexity index is 153. The van der Waals surface area contributed by atoms with E-state index < -0.39 is 0 Å². The molecular weight excluding hydrogens is 186 g/mol. The van der Waals surface area contributed by atoms with E-state index >= 15 is 0 Å². The molecule has 0 aromatic carbocycles. The predicted molar refractivity (Wildman–Crippen MR) is 61.0 cm³/mol. The van der Waals surface area contributed by atoms with Gasteiger partial charge in [-0.3, -0.25) is 0 Å². The van der Waals surface area contributed by atoms with Crippen LogP contribution in [0.3, 0.4) is 0 Å². The summed E-state index contributed by atoms with van der Waals surface area (Å²) in [6.07, 6.45) is 0.984. The summed E-state index contributed by atoms with van der Waals surface area (Å²) in [5.41, 5.74) is 7.26. The predicted octanol–water partition coefficient (Wildman–Crippen LogP) is 2.13. The fraction of sp³-hybridized carbons (Fsp3) is 0.778. The zero-order chi connectivity index (χ0) is 8.97. The minimum Gasteiger partial charge on any atom is -0.326 e. The molecule has 0 saturated carbocycles. The van der Waals surface area contributed by atoms with Gasteiger partial charge in [0, 0.05) is 28.6 Å². The third-order valence-electron chi connectivity index (χ3n) is 1.90. The van der Waals surface area contributed by atoms with Crippen LogP contribution in [0.25, 0.3) is 0 Å². The minimum atomic E-state index is 0.320. The largest absolute Gasteiger partial charge is 0.326 e. The molecule has 0 aromatic rings. The Morgan fingerprint density at radius 1 is 1.67 bits per heavy atom. The molecular formula is C9H17NS2. The van der Waals surface area contributed by atoms with Gasteiger partial charge in [-0.1, -0.05) is 5.57 Å². The van der Waals surface area contributed by atoms with E-state index in [2.05, 4.69) is 13.5 Å². The maximum atomic E-state index is 6.05. The van der Waals surface area contributed by atoms with Gasteiger partial charge >= 0.3 is 0 Å². The van der Waals surface area contributed by atoms with Crippen LogP contribution in [-0.2, 0) is 0 Å². The summed E-state index contributed by atoms with van der Waals surface area (Å²) in [7, 11) is 0. The van der Waals surface area contributed by atoms with Crippen molar-refractivity contribution in [1.82, 2.24) is 0 Å². The topological polar surface area (TPSA) is 26.0 Å². The van der Waals surface area contributed by atoms with Gasteiger partial charge < -0.3 is 5.73 Å². The van der Waals surface area contributed by atoms with Crippen LogP contribution in [0.5, 0.6) is 0 Å². The lowest BCUT2D eigenvalue weighted by molar-refractivity contribution is 0.661. The summed E-state index contributed by atoms with van der Waals surface area (Å²) in [6.45, 7) is 5.95. The van der Waals surface area contributed by atoms with Crippen molar-refractivity contribution in [2.45, 2.75) is 24.6 Å². The number of nitrogens with two attached hydrogens (primary N) is 1. The lowest BCUT2D eigenvalue weighted by Gasteiger charge is -2.26. The molecule has 2 unspecified atom stereocenters. The van der Waals surface area contributed by atoms with Gasteiger partial charge in [0.25, 0.3) is 0 Å². The SMILES string of the molecule is C=C(C)CC(N)C1CSCCS1. The first kappa shape index (κ1) is 10.5. The Morgan fingerprint density at radius 3 is 2.92 bits per heavy atom. The Hall–Kier alpha value is 0.400. The van der Waals surface area contributed by atoms with Crippen molar-refractivity contribution in [3.05, 3.63) is 12.2 Å². The summed E-state index contributed by atoms with van der Waals surface area (Å²) in [6, 6.07) is 0.320. The Balaban J connectivity index is 2.29. The summed E-state index contributed by atoms with van der Waals surface area (Å²) in [5.74, 6) is 3.78. The molecule has 1 nitrogen and oxygen atoms in total. The highest BCUT2D eigenvalue weighted by Gasteiger charge is 2.20. The van der Waals surface area contributed by atoms with Gasteiger partial charge in [-0.2, -0.15) is 23.5 Å². The average molecular weight is 203 g/mol. The Morgan fingerprint density at radius 2 is 2.42 bits per heavy atom. The molecule has 2 atom stereocenters. The molecule has 0 amide bonds. The first-order valence-corrected chi connectivity index (χ1v) is 6.50. The molecule has 1 fully saturated rings. The Labute approximate surface area is 83.5 Å². The van der Waals surface area contributed by atoms with Crippen molar-refractivity contribution in [3.8, 4) is 0 Å². The van der Waals surface area contributed by atoms with Crippen LogP contribution in [0.2, 0.25) is 0 Å². The molecule has 2 N–H and O–H groups in total. The quantitative estimate of drug-likeness (QED) is 0.712. The number of hydrogen-bond donors (Lipinski definition) is 1. The molecule has 0 aliphatic carbocycles. The van der Waals surface area contributed by atoms with Gasteiger partial charge in [0.2, 0.25) is 0 Å². The first-order chi connectivity index (χ1) is 5.70. The molecule has 0 radical (unpaired) electrons. The monoisotopic (exact) mass is 203 g/mol. The van der Waals surface area contributed by atoms with E-state index in [-0.39, 0.29) is 0 Å². The molecule has 0 spiro atoms. The summed E-state index contributed by atoms with van der Waals surface area (Å²) < 4.78 is 0. The third-order valence-corrected chi connectivity index (χ3v) is 4.84. The second-order valence-electron chi connectivity index (χ2n) is 3.31. The van der Waals surface area contributed by atoms with Gasteiger partial charge in [-0.05, 0) is 13.3 Å². The highest BCUT2D eigenvalue weighted by molar-refractivity contribution is 8.06. The van der Waals surface area contributed by atoms with E-state index in [9.17, 15) is 0 Å². The summed E-state index contributed by atoms with van der Waals surface area (Å²) >= 11 is 4.05. The molecule has 1 aliphatic heterocycles. The van der Waals surface area contributed by atoms with E-state index in [1.807, 2.05) is 23.5 Å². The van der Waals surface area contributed by atoms with E-state index in [0.717, 1.165) is 6.42 Å². The minimum absolute atomic E-state index is 0.320. The van der Waals surface area contributed by atoms with Crippen molar-refractivity contribution < 1.29 is 0 Å². The summed E-state index contributed by atoms with van der Waals surface area (Å²) in [5, 5.41) is 0.653. The van der Waals surface area contributed by atoms with Crippen molar-refractivity contribution in [2.24, 2.45) is 5.73 Å². The highest BCUT2D eigenvalue weighted by Crippen LogP contribution is 2.27. The lowest BCUT2D eigenvalue weighted by Crippen LogP contribution is -2.36. The number of rotatable bonds is 3. The maximum Gasteiger partial charge on any atom is 0.0292 e. The molecule has 1 rings (SSSR count). The lowest BCUT2D eigenvalue weighted by atomic mass is 10.1. The fourth-order valence-corrected chi connectivity index (χ4v) is 4.11. The number of thioether (sulfide) groups is 2. The fourth-order valence-electron chi connectivity index (χ4n) is 1.29. The normalized spacial score (nSPS) is 26.7. The second kappa shape index (κ2) is 5.20. The summed E-state index contributed by atoms with van der Waals surface area (Å²) in [4.78, 5) is 0. The van der Waals surface area contributed by atoms with Crippen LogP contribution >= 0.6 is 23.5 Å². The van der Waals surface area contributed by atoms with E-state index in [1.54, 1.807) is 0 Å². The highest BCUT2D eigenvalue weighted by atomic mass is 32.2. The van der Waals surface area contributed by atoms with Gasteiger partial charge in [0.05, 0.1) is 0 Å². The smallest absolute Gasteiger partial charge is 0.0292 e. The van der Waals surface area contributed by atoms with Crippen LogP contribution in [-0.4, -0.2) is 28.6 Å². The standard InChI is InChI=1S/C9H17NS2/c1-7(2)5-8(10)9-6-11-3-4-12-9/h8-9H,1,3-6,10H2,2H3. The average Bonchev–Trinajstić information content (AvgIpc) is 2.05. The second-order valence-corrected chi connectivity index (χ2v) is 5.81. The van der Waals surface area contributed by atoms with Gasteiger partial charge in [0.1, 0.15) is 0 Å². The van der Waals surface area contributed by atoms with Gasteiger partial charge in [-0.15, -0.1) is 6.58 Å². The van der Waals surface area contributed by atoms with E-state index in [4.69, 9.17) is 5.73 Å². The molecule has 70 valence electrons. The van der Waals surface area contributed by atoms with Crippen LogP contribution < -0.4 is 5.73 Å². The maximum absolute atomic E-state index is 6.05. The van der Waals surface area contributed by atoms with E-state index in [1.165, 1.54) is 22.8 Å². The zero-order valence-electron chi connectivity index (χ0n) is 7.58. The molecule has 0 bridgehead atoms. The number of hydrogen-bond acceptors (Lipinski definition) is 3. The van der Waals surface area contributed by atoms with Crippen molar-refractivity contribution in [3.63, 3.8) is 0 Å². The van der Waals surface area contributed by atoms with Crippen LogP contribution in [0.15, 0.2) is 12.2 Å². The molecule has 1 saturated heterocycles. The molecule has 3 heteroatoms. The van der Waals surface area contributed by atoms with Crippen molar-refractivity contribution in [2.75, 3.05) is 17.3 Å². The van der Waals surface area contributed by atoms with Crippen molar-refractivity contribution in [1.29, 1.82) is 0 Å². The van der Waals surface area contributed by atoms with Gasteiger partial charge in [-0.25, -0.2) is 0 Å². The molecule has 1 heterocycles. The van der Waals surface area contributed by atoms with Gasteiger partial charge in [0.15, 0.2) is 0 Å². The first-order valence-electron chi connectivity index (χ1n) is 4.29. The van der Waals surface area contributed by atoms with Crippen molar-refractivity contribution >= 4 is 23.5 Å². The molecule has 1 aliphatic rings.